The third-order valence-electron chi connectivity index (χ3n) is 4.15. The fourth-order valence-corrected chi connectivity index (χ4v) is 3.07. The summed E-state index contributed by atoms with van der Waals surface area (Å²) < 4.78 is 10.4. The van der Waals surface area contributed by atoms with Gasteiger partial charge in [-0.2, -0.15) is 4.99 Å². The van der Waals surface area contributed by atoms with Crippen LogP contribution in [0.25, 0.3) is 11.3 Å². The Bertz CT molecular complexity index is 1040. The van der Waals surface area contributed by atoms with Crippen LogP contribution in [0.3, 0.4) is 0 Å². The molecule has 8 heteroatoms. The fourth-order valence-electron chi connectivity index (χ4n) is 2.79. The Morgan fingerprint density at radius 3 is 2.69 bits per heavy atom. The van der Waals surface area contributed by atoms with E-state index in [-0.39, 0.29) is 11.5 Å². The van der Waals surface area contributed by atoms with Crippen LogP contribution in [0.2, 0.25) is 5.02 Å². The fraction of sp³-hybridized carbons (Fsp3) is 0.143. The number of carbonyl (C=O) groups is 1. The quantitative estimate of drug-likeness (QED) is 0.489. The number of amides is 1. The summed E-state index contributed by atoms with van der Waals surface area (Å²) in [7, 11) is 1.58. The second kappa shape index (κ2) is 8.79. The smallest absolute Gasteiger partial charge is 0.286 e. The van der Waals surface area contributed by atoms with E-state index in [4.69, 9.17) is 26.6 Å². The van der Waals surface area contributed by atoms with E-state index in [1.165, 1.54) is 0 Å². The van der Waals surface area contributed by atoms with Gasteiger partial charge in [0.1, 0.15) is 22.8 Å². The van der Waals surface area contributed by atoms with E-state index < -0.39 is 5.91 Å². The third-order valence-corrected chi connectivity index (χ3v) is 4.37. The molecule has 0 spiro atoms. The molecule has 0 aliphatic rings. The van der Waals surface area contributed by atoms with E-state index in [1.54, 1.807) is 50.4 Å². The summed E-state index contributed by atoms with van der Waals surface area (Å²) in [5.41, 5.74) is 8.88. The number of halogens is 1. The van der Waals surface area contributed by atoms with Gasteiger partial charge in [0.05, 0.1) is 7.11 Å². The van der Waals surface area contributed by atoms with E-state index >= 15 is 0 Å². The molecule has 3 rings (SSSR count). The Labute approximate surface area is 173 Å². The van der Waals surface area contributed by atoms with Crippen molar-refractivity contribution < 1.29 is 14.1 Å². The largest absolute Gasteiger partial charge is 0.497 e. The van der Waals surface area contributed by atoms with Crippen molar-refractivity contribution in [3.05, 3.63) is 76.9 Å². The average molecular weight is 412 g/mol. The highest BCUT2D eigenvalue weighted by Crippen LogP contribution is 2.27. The van der Waals surface area contributed by atoms with Crippen LogP contribution in [0.15, 0.2) is 52.0 Å². The standard InChI is InChI=1S/C21H20ClN4O3/c1-12-8-14(10-16(22)9-12)11-24-21(23)25-20(27)18-13(2)29-26-19(18)15-4-6-17(28-3)7-5-15/h4-10H,1,11H2,2-3H3,(H3,23,24,25,27). The SMILES string of the molecule is [CH2]c1cc(Cl)cc(CNC(N)=NC(=O)c2c(-c3ccc(OC)cc3)noc2C)c1. The molecule has 0 aliphatic heterocycles. The minimum Gasteiger partial charge on any atom is -0.497 e. The highest BCUT2D eigenvalue weighted by molar-refractivity contribution is 6.30. The van der Waals surface area contributed by atoms with Gasteiger partial charge in [0.2, 0.25) is 0 Å². The molecule has 7 nitrogen and oxygen atoms in total. The number of nitrogens with one attached hydrogen (secondary N) is 1. The average Bonchev–Trinajstić information content (AvgIpc) is 3.07. The zero-order chi connectivity index (χ0) is 21.0. The number of aliphatic imine (C=N–C) groups is 1. The van der Waals surface area contributed by atoms with Gasteiger partial charge in [-0.1, -0.05) is 22.8 Å². The molecule has 0 saturated heterocycles. The number of benzene rings is 2. The first-order valence-electron chi connectivity index (χ1n) is 8.72. The van der Waals surface area contributed by atoms with Crippen molar-refractivity contribution in [2.75, 3.05) is 7.11 Å². The van der Waals surface area contributed by atoms with Crippen LogP contribution in [0.4, 0.5) is 0 Å². The molecule has 0 aliphatic carbocycles. The van der Waals surface area contributed by atoms with E-state index in [2.05, 4.69) is 22.4 Å². The molecule has 1 aromatic heterocycles. The van der Waals surface area contributed by atoms with Crippen LogP contribution in [-0.2, 0) is 6.54 Å². The van der Waals surface area contributed by atoms with Crippen LogP contribution < -0.4 is 15.8 Å². The highest BCUT2D eigenvalue weighted by atomic mass is 35.5. The normalized spacial score (nSPS) is 11.4. The topological polar surface area (TPSA) is 103 Å². The van der Waals surface area contributed by atoms with Gasteiger partial charge < -0.3 is 20.3 Å². The van der Waals surface area contributed by atoms with Gasteiger partial charge in [-0.15, -0.1) is 0 Å². The first kappa shape index (κ1) is 20.4. The summed E-state index contributed by atoms with van der Waals surface area (Å²) in [5, 5.41) is 7.46. The minimum absolute atomic E-state index is 0.0260. The summed E-state index contributed by atoms with van der Waals surface area (Å²) in [4.78, 5) is 16.6. The van der Waals surface area contributed by atoms with Crippen LogP contribution in [0.5, 0.6) is 5.75 Å². The number of hydrogen-bond donors (Lipinski definition) is 2. The molecule has 3 aromatic rings. The molecule has 1 amide bonds. The Morgan fingerprint density at radius 1 is 1.31 bits per heavy atom. The molecule has 1 radical (unpaired) electrons. The summed E-state index contributed by atoms with van der Waals surface area (Å²) in [6.45, 7) is 5.85. The molecule has 0 atom stereocenters. The Hall–Kier alpha value is -3.32. The van der Waals surface area contributed by atoms with Crippen molar-refractivity contribution in [1.29, 1.82) is 0 Å². The zero-order valence-corrected chi connectivity index (χ0v) is 16.8. The lowest BCUT2D eigenvalue weighted by molar-refractivity contribution is 0.100. The molecular weight excluding hydrogens is 392 g/mol. The summed E-state index contributed by atoms with van der Waals surface area (Å²) in [5.74, 6) is 0.471. The van der Waals surface area contributed by atoms with Crippen LogP contribution in [-0.4, -0.2) is 24.1 Å². The number of methoxy groups -OCH3 is 1. The van der Waals surface area contributed by atoms with E-state index in [1.807, 2.05) is 6.07 Å². The second-order valence-electron chi connectivity index (χ2n) is 6.31. The lowest BCUT2D eigenvalue weighted by atomic mass is 10.1. The molecule has 0 bridgehead atoms. The monoisotopic (exact) mass is 411 g/mol. The number of ether oxygens (including phenoxy) is 1. The number of carbonyl (C=O) groups excluding carboxylic acids is 1. The van der Waals surface area contributed by atoms with Gasteiger partial charge in [0, 0.05) is 17.1 Å². The number of guanidine groups is 1. The molecule has 29 heavy (non-hydrogen) atoms. The van der Waals surface area contributed by atoms with Crippen LogP contribution >= 0.6 is 11.6 Å². The van der Waals surface area contributed by atoms with E-state index in [9.17, 15) is 4.79 Å². The minimum atomic E-state index is -0.552. The molecule has 3 N–H and O–H groups in total. The highest BCUT2D eigenvalue weighted by Gasteiger charge is 2.21. The van der Waals surface area contributed by atoms with E-state index in [0.29, 0.717) is 34.3 Å². The predicted octanol–water partition coefficient (Wildman–Crippen LogP) is 3.74. The summed E-state index contributed by atoms with van der Waals surface area (Å²) in [6.07, 6.45) is 0. The van der Waals surface area contributed by atoms with Gasteiger partial charge in [-0.3, -0.25) is 4.79 Å². The lowest BCUT2D eigenvalue weighted by Gasteiger charge is -2.07. The maximum Gasteiger partial charge on any atom is 0.286 e. The van der Waals surface area contributed by atoms with Gasteiger partial charge in [-0.05, 0) is 61.4 Å². The number of aromatic nitrogens is 1. The first-order valence-corrected chi connectivity index (χ1v) is 9.09. The Balaban J connectivity index is 1.78. The first-order chi connectivity index (χ1) is 13.9. The van der Waals surface area contributed by atoms with Gasteiger partial charge in [0.25, 0.3) is 5.91 Å². The van der Waals surface area contributed by atoms with Crippen molar-refractivity contribution in [2.45, 2.75) is 13.5 Å². The molecule has 149 valence electrons. The van der Waals surface area contributed by atoms with Crippen LogP contribution in [0.1, 0.15) is 27.2 Å². The zero-order valence-electron chi connectivity index (χ0n) is 16.0. The maximum atomic E-state index is 12.7. The lowest BCUT2D eigenvalue weighted by Crippen LogP contribution is -2.32. The van der Waals surface area contributed by atoms with Gasteiger partial charge >= 0.3 is 0 Å². The van der Waals surface area contributed by atoms with Crippen molar-refractivity contribution >= 4 is 23.5 Å². The molecule has 0 unspecified atom stereocenters. The van der Waals surface area contributed by atoms with Crippen LogP contribution in [0, 0.1) is 13.8 Å². The number of rotatable bonds is 5. The third kappa shape index (κ3) is 4.94. The van der Waals surface area contributed by atoms with Crippen molar-refractivity contribution in [3.8, 4) is 17.0 Å². The molecule has 2 aromatic carbocycles. The number of nitrogens with zero attached hydrogens (tertiary/aromatic N) is 2. The predicted molar refractivity (Wildman–Crippen MR) is 112 cm³/mol. The van der Waals surface area contributed by atoms with Gasteiger partial charge in [-0.25, -0.2) is 0 Å². The number of nitrogens with two attached hydrogens (primary N) is 1. The Morgan fingerprint density at radius 2 is 2.03 bits per heavy atom. The van der Waals surface area contributed by atoms with Crippen molar-refractivity contribution in [2.24, 2.45) is 10.7 Å². The van der Waals surface area contributed by atoms with Crippen molar-refractivity contribution in [1.82, 2.24) is 10.5 Å². The maximum absolute atomic E-state index is 12.7. The number of aryl methyl sites for hydroxylation is 1. The van der Waals surface area contributed by atoms with Gasteiger partial charge in [0.15, 0.2) is 5.96 Å². The second-order valence-corrected chi connectivity index (χ2v) is 6.75. The molecule has 0 saturated carbocycles. The van der Waals surface area contributed by atoms with E-state index in [0.717, 1.165) is 11.1 Å². The molecular formula is C21H20ClN4O3. The summed E-state index contributed by atoms with van der Waals surface area (Å²) >= 11 is 6.02. The van der Waals surface area contributed by atoms with Crippen molar-refractivity contribution in [3.63, 3.8) is 0 Å². The molecule has 0 fully saturated rings. The Kier molecular flexibility index (Phi) is 6.19. The molecule has 1 heterocycles. The number of hydrogen-bond acceptors (Lipinski definition) is 4. The summed E-state index contributed by atoms with van der Waals surface area (Å²) in [6, 6.07) is 12.5.